The van der Waals surface area contributed by atoms with Crippen molar-refractivity contribution in [1.29, 1.82) is 0 Å². The number of rotatable bonds is 8. The van der Waals surface area contributed by atoms with Crippen LogP contribution in [0.25, 0.3) is 11.0 Å². The van der Waals surface area contributed by atoms with Crippen LogP contribution < -0.4 is 5.32 Å². The van der Waals surface area contributed by atoms with E-state index in [0.29, 0.717) is 12.1 Å². The van der Waals surface area contributed by atoms with Gasteiger partial charge in [0, 0.05) is 25.2 Å². The van der Waals surface area contributed by atoms with Crippen LogP contribution >= 0.6 is 0 Å². The maximum atomic E-state index is 12.6. The van der Waals surface area contributed by atoms with Gasteiger partial charge in [-0.05, 0) is 49.3 Å². The second kappa shape index (κ2) is 8.77. The summed E-state index contributed by atoms with van der Waals surface area (Å²) >= 11 is 0. The van der Waals surface area contributed by atoms with E-state index >= 15 is 0 Å². The monoisotopic (exact) mass is 365 g/mol. The molecule has 0 saturated heterocycles. The van der Waals surface area contributed by atoms with E-state index in [1.807, 2.05) is 29.8 Å². The Morgan fingerprint density at radius 3 is 2.52 bits per heavy atom. The highest BCUT2D eigenvalue weighted by atomic mass is 16.1. The second-order valence-corrected chi connectivity index (χ2v) is 6.52. The maximum Gasteiger partial charge on any atom is 0.251 e. The summed E-state index contributed by atoms with van der Waals surface area (Å²) < 4.78 is 1.82. The van der Waals surface area contributed by atoms with Crippen molar-refractivity contribution in [2.75, 3.05) is 13.1 Å². The summed E-state index contributed by atoms with van der Waals surface area (Å²) in [5.41, 5.74) is 4.69. The summed E-state index contributed by atoms with van der Waals surface area (Å²) in [7, 11) is 0. The molecule has 0 aliphatic rings. The summed E-state index contributed by atoms with van der Waals surface area (Å²) in [5, 5.41) is 11.3. The fraction of sp³-hybridized carbons (Fsp3) is 0.381. The first-order chi connectivity index (χ1) is 13.2. The van der Waals surface area contributed by atoms with Gasteiger partial charge >= 0.3 is 0 Å². The third-order valence-electron chi connectivity index (χ3n) is 4.92. The minimum atomic E-state index is -0.0967. The van der Waals surface area contributed by atoms with Crippen LogP contribution in [0.4, 0.5) is 0 Å². The molecule has 27 heavy (non-hydrogen) atoms. The number of nitrogens with zero attached hydrogens (tertiary/aromatic N) is 4. The third-order valence-corrected chi connectivity index (χ3v) is 4.92. The van der Waals surface area contributed by atoms with Crippen LogP contribution in [0.2, 0.25) is 0 Å². The van der Waals surface area contributed by atoms with Gasteiger partial charge in [-0.2, -0.15) is 0 Å². The molecule has 0 aliphatic heterocycles. The Bertz CT molecular complexity index is 914. The van der Waals surface area contributed by atoms with E-state index in [1.165, 1.54) is 5.56 Å². The number of hydrogen-bond donors (Lipinski definition) is 1. The summed E-state index contributed by atoms with van der Waals surface area (Å²) in [6, 6.07) is 13.8. The molecule has 6 heteroatoms. The molecule has 3 aromatic rings. The Morgan fingerprint density at radius 2 is 1.81 bits per heavy atom. The lowest BCUT2D eigenvalue weighted by Gasteiger charge is -2.20. The van der Waals surface area contributed by atoms with Crippen molar-refractivity contribution >= 4 is 16.9 Å². The van der Waals surface area contributed by atoms with Crippen LogP contribution in [0.5, 0.6) is 0 Å². The molecule has 0 saturated carbocycles. The number of benzene rings is 2. The van der Waals surface area contributed by atoms with E-state index in [0.717, 1.165) is 42.8 Å². The second-order valence-electron chi connectivity index (χ2n) is 6.52. The topological polar surface area (TPSA) is 63.1 Å². The number of amides is 1. The van der Waals surface area contributed by atoms with Gasteiger partial charge in [-0.3, -0.25) is 9.69 Å². The van der Waals surface area contributed by atoms with Crippen molar-refractivity contribution in [1.82, 2.24) is 25.2 Å². The molecule has 0 bridgehead atoms. The molecule has 0 unspecified atom stereocenters. The van der Waals surface area contributed by atoms with Crippen LogP contribution in [0.15, 0.2) is 42.5 Å². The fourth-order valence-electron chi connectivity index (χ4n) is 3.20. The van der Waals surface area contributed by atoms with Crippen LogP contribution in [0.1, 0.15) is 42.3 Å². The molecular formula is C21H27N5O. The van der Waals surface area contributed by atoms with Crippen LogP contribution in [0.3, 0.4) is 0 Å². The zero-order valence-corrected chi connectivity index (χ0v) is 16.3. The number of carbonyl (C=O) groups excluding carboxylic acids is 1. The van der Waals surface area contributed by atoms with Crippen molar-refractivity contribution in [2.45, 2.75) is 40.4 Å². The highest BCUT2D eigenvalue weighted by Gasteiger charge is 2.11. The quantitative estimate of drug-likeness (QED) is 0.666. The van der Waals surface area contributed by atoms with Gasteiger partial charge in [0.1, 0.15) is 5.52 Å². The van der Waals surface area contributed by atoms with Crippen molar-refractivity contribution in [3.05, 3.63) is 59.2 Å². The predicted molar refractivity (Wildman–Crippen MR) is 107 cm³/mol. The summed E-state index contributed by atoms with van der Waals surface area (Å²) in [5.74, 6) is -0.0967. The molecule has 1 heterocycles. The molecule has 2 aromatic carbocycles. The zero-order chi connectivity index (χ0) is 19.2. The number of nitrogens with one attached hydrogen (secondary N) is 1. The van der Waals surface area contributed by atoms with Gasteiger partial charge in [0.05, 0.1) is 5.52 Å². The number of fused-ring (bicyclic) bond motifs is 1. The Morgan fingerprint density at radius 1 is 1.07 bits per heavy atom. The lowest BCUT2D eigenvalue weighted by molar-refractivity contribution is 0.0951. The number of aryl methyl sites for hydroxylation is 1. The lowest BCUT2D eigenvalue weighted by Crippen LogP contribution is -2.26. The van der Waals surface area contributed by atoms with Crippen molar-refractivity contribution < 1.29 is 4.79 Å². The lowest BCUT2D eigenvalue weighted by atomic mass is 10.1. The molecule has 0 radical (unpaired) electrons. The minimum absolute atomic E-state index is 0.0967. The van der Waals surface area contributed by atoms with Gasteiger partial charge in [-0.1, -0.05) is 43.3 Å². The number of carbonyl (C=O) groups is 1. The average Bonchev–Trinajstić information content (AvgIpc) is 3.13. The van der Waals surface area contributed by atoms with Gasteiger partial charge in [0.15, 0.2) is 0 Å². The Hall–Kier alpha value is -2.73. The van der Waals surface area contributed by atoms with Crippen molar-refractivity contribution in [3.8, 4) is 0 Å². The highest BCUT2D eigenvalue weighted by molar-refractivity contribution is 5.97. The third kappa shape index (κ3) is 4.34. The average molecular weight is 365 g/mol. The normalized spacial score (nSPS) is 11.3. The number of hydrogen-bond acceptors (Lipinski definition) is 4. The first-order valence-electron chi connectivity index (χ1n) is 9.56. The van der Waals surface area contributed by atoms with E-state index in [1.54, 1.807) is 6.07 Å². The summed E-state index contributed by atoms with van der Waals surface area (Å²) in [6.07, 6.45) is 0. The van der Waals surface area contributed by atoms with E-state index in [2.05, 4.69) is 52.6 Å². The Labute approximate surface area is 160 Å². The molecule has 1 aromatic heterocycles. The predicted octanol–water partition coefficient (Wildman–Crippen LogP) is 3.22. The SMILES string of the molecule is CCN(CC)Cc1ccccc1CNC(=O)c1ccc2c(c1)nnn2CC. The highest BCUT2D eigenvalue weighted by Crippen LogP contribution is 2.15. The fourth-order valence-corrected chi connectivity index (χ4v) is 3.20. The van der Waals surface area contributed by atoms with E-state index in [9.17, 15) is 4.79 Å². The van der Waals surface area contributed by atoms with E-state index in [-0.39, 0.29) is 5.91 Å². The standard InChI is InChI=1S/C21H27N5O/c1-4-25(5-2)15-18-10-8-7-9-17(18)14-22-21(27)16-11-12-20-19(13-16)23-24-26(20)6-3/h7-13H,4-6,14-15H2,1-3H3,(H,22,27). The van der Waals surface area contributed by atoms with Crippen molar-refractivity contribution in [2.24, 2.45) is 0 Å². The molecule has 1 amide bonds. The van der Waals surface area contributed by atoms with Gasteiger partial charge < -0.3 is 5.32 Å². The molecule has 0 fully saturated rings. The molecule has 0 atom stereocenters. The van der Waals surface area contributed by atoms with Crippen LogP contribution in [-0.2, 0) is 19.6 Å². The van der Waals surface area contributed by atoms with Crippen molar-refractivity contribution in [3.63, 3.8) is 0 Å². The zero-order valence-electron chi connectivity index (χ0n) is 16.3. The van der Waals surface area contributed by atoms with Gasteiger partial charge in [-0.25, -0.2) is 4.68 Å². The number of aromatic nitrogens is 3. The summed E-state index contributed by atoms with van der Waals surface area (Å²) in [4.78, 5) is 15.0. The molecule has 6 nitrogen and oxygen atoms in total. The van der Waals surface area contributed by atoms with Gasteiger partial charge in [0.2, 0.25) is 0 Å². The first-order valence-corrected chi connectivity index (χ1v) is 9.56. The van der Waals surface area contributed by atoms with E-state index < -0.39 is 0 Å². The van der Waals surface area contributed by atoms with Gasteiger partial charge in [0.25, 0.3) is 5.91 Å². The molecule has 1 N–H and O–H groups in total. The largest absolute Gasteiger partial charge is 0.348 e. The molecule has 0 aliphatic carbocycles. The maximum absolute atomic E-state index is 12.6. The van der Waals surface area contributed by atoms with Crippen LogP contribution in [-0.4, -0.2) is 38.9 Å². The van der Waals surface area contributed by atoms with Gasteiger partial charge in [-0.15, -0.1) is 5.10 Å². The van der Waals surface area contributed by atoms with E-state index in [4.69, 9.17) is 0 Å². The molecular weight excluding hydrogens is 338 g/mol. The Kier molecular flexibility index (Phi) is 6.19. The Balaban J connectivity index is 1.71. The van der Waals surface area contributed by atoms with Crippen LogP contribution in [0, 0.1) is 0 Å². The first kappa shape index (κ1) is 19.0. The molecule has 0 spiro atoms. The summed E-state index contributed by atoms with van der Waals surface area (Å²) in [6.45, 7) is 10.5. The smallest absolute Gasteiger partial charge is 0.251 e. The molecule has 3 rings (SSSR count). The molecule has 142 valence electrons. The minimum Gasteiger partial charge on any atom is -0.348 e.